The molecule has 0 aliphatic carbocycles. The number of carbonyl (C=O) groups is 1. The van der Waals surface area contributed by atoms with Gasteiger partial charge in [0.05, 0.1) is 11.3 Å². The molecule has 1 aromatic heterocycles. The van der Waals surface area contributed by atoms with Crippen molar-refractivity contribution in [3.63, 3.8) is 0 Å². The van der Waals surface area contributed by atoms with Crippen molar-refractivity contribution in [1.82, 2.24) is 20.2 Å². The molecule has 1 amide bonds. The van der Waals surface area contributed by atoms with Gasteiger partial charge in [0.1, 0.15) is 0 Å². The number of tetrazole rings is 1. The van der Waals surface area contributed by atoms with E-state index in [0.717, 1.165) is 12.1 Å². The van der Waals surface area contributed by atoms with Gasteiger partial charge in [-0.3, -0.25) is 4.79 Å². The number of hydrogen-bond donors (Lipinski definition) is 1. The van der Waals surface area contributed by atoms with Crippen LogP contribution in [0, 0.1) is 0 Å². The van der Waals surface area contributed by atoms with E-state index in [1.54, 1.807) is 24.3 Å². The second kappa shape index (κ2) is 7.16. The second-order valence-corrected chi connectivity index (χ2v) is 5.93. The maximum Gasteiger partial charge on any atom is 0.416 e. The second-order valence-electron chi connectivity index (χ2n) is 5.16. The van der Waals surface area contributed by atoms with Crippen molar-refractivity contribution in [3.8, 4) is 5.69 Å². The number of aromatic nitrogens is 4. The molecule has 0 atom stereocenters. The lowest BCUT2D eigenvalue weighted by Crippen LogP contribution is -2.14. The molecular weight excluding hydrogens is 367 g/mol. The van der Waals surface area contributed by atoms with Crippen LogP contribution >= 0.6 is 11.8 Å². The van der Waals surface area contributed by atoms with Gasteiger partial charge in [-0.25, -0.2) is 0 Å². The van der Waals surface area contributed by atoms with E-state index in [0.29, 0.717) is 16.5 Å². The normalized spacial score (nSPS) is 11.4. The van der Waals surface area contributed by atoms with Gasteiger partial charge in [0.2, 0.25) is 5.16 Å². The topological polar surface area (TPSA) is 72.7 Å². The third-order valence-corrected chi connectivity index (χ3v) is 4.04. The number of nitrogens with zero attached hydrogens (tertiary/aromatic N) is 4. The standard InChI is InChI=1S/C16H12F3N5OS/c1-26-15-21-22-23-24(15)13-7-3-6-12(9-13)20-14(25)10-4-2-5-11(8-10)16(17,18)19/h2-9H,1H3,(H,20,25). The molecular formula is C16H12F3N5OS. The minimum absolute atomic E-state index is 0.0857. The van der Waals surface area contributed by atoms with Crippen LogP contribution in [0.15, 0.2) is 53.7 Å². The predicted molar refractivity (Wildman–Crippen MR) is 90.3 cm³/mol. The quantitative estimate of drug-likeness (QED) is 0.701. The van der Waals surface area contributed by atoms with E-state index in [1.165, 1.54) is 28.6 Å². The fourth-order valence-electron chi connectivity index (χ4n) is 2.22. The lowest BCUT2D eigenvalue weighted by Gasteiger charge is -2.10. The molecule has 0 aliphatic heterocycles. The minimum Gasteiger partial charge on any atom is -0.322 e. The van der Waals surface area contributed by atoms with E-state index in [2.05, 4.69) is 20.8 Å². The van der Waals surface area contributed by atoms with E-state index in [4.69, 9.17) is 0 Å². The molecule has 0 bridgehead atoms. The Morgan fingerprint density at radius 3 is 2.65 bits per heavy atom. The number of benzene rings is 2. The Morgan fingerprint density at radius 2 is 1.92 bits per heavy atom. The van der Waals surface area contributed by atoms with Crippen LogP contribution in [0.25, 0.3) is 5.69 Å². The van der Waals surface area contributed by atoms with Crippen molar-refractivity contribution >= 4 is 23.4 Å². The number of nitrogens with one attached hydrogen (secondary N) is 1. The van der Waals surface area contributed by atoms with Crippen molar-refractivity contribution in [2.75, 3.05) is 11.6 Å². The minimum atomic E-state index is -4.51. The Labute approximate surface area is 150 Å². The van der Waals surface area contributed by atoms with Crippen LogP contribution in [0.5, 0.6) is 0 Å². The van der Waals surface area contributed by atoms with E-state index in [-0.39, 0.29) is 5.56 Å². The average Bonchev–Trinajstić information content (AvgIpc) is 3.10. The summed E-state index contributed by atoms with van der Waals surface area (Å²) in [5.41, 5.74) is 0.0586. The van der Waals surface area contributed by atoms with Gasteiger partial charge in [0.15, 0.2) is 0 Å². The van der Waals surface area contributed by atoms with Crippen LogP contribution < -0.4 is 5.32 Å². The molecule has 0 spiro atoms. The number of alkyl halides is 3. The molecule has 3 rings (SSSR count). The molecule has 6 nitrogen and oxygen atoms in total. The van der Waals surface area contributed by atoms with Crippen LogP contribution in [0.1, 0.15) is 15.9 Å². The van der Waals surface area contributed by atoms with E-state index in [9.17, 15) is 18.0 Å². The number of amides is 1. The van der Waals surface area contributed by atoms with Gasteiger partial charge in [0, 0.05) is 11.3 Å². The molecule has 0 aliphatic rings. The molecule has 0 saturated carbocycles. The van der Waals surface area contributed by atoms with Crippen LogP contribution in [0.4, 0.5) is 18.9 Å². The molecule has 2 aromatic carbocycles. The first-order valence-corrected chi connectivity index (χ1v) is 8.52. The number of rotatable bonds is 4. The Morgan fingerprint density at radius 1 is 1.15 bits per heavy atom. The van der Waals surface area contributed by atoms with Crippen LogP contribution in [0.3, 0.4) is 0 Å². The Balaban J connectivity index is 1.84. The highest BCUT2D eigenvalue weighted by Crippen LogP contribution is 2.29. The summed E-state index contributed by atoms with van der Waals surface area (Å²) < 4.78 is 39.8. The Bertz CT molecular complexity index is 941. The first kappa shape index (κ1) is 17.9. The van der Waals surface area contributed by atoms with Gasteiger partial charge in [-0.15, -0.1) is 5.10 Å². The summed E-state index contributed by atoms with van der Waals surface area (Å²) in [6, 6.07) is 10.9. The predicted octanol–water partition coefficient (Wildman–Crippen LogP) is 3.66. The van der Waals surface area contributed by atoms with E-state index in [1.807, 2.05) is 6.26 Å². The summed E-state index contributed by atoms with van der Waals surface area (Å²) in [5, 5.41) is 14.5. The van der Waals surface area contributed by atoms with Crippen molar-refractivity contribution in [1.29, 1.82) is 0 Å². The molecule has 3 aromatic rings. The SMILES string of the molecule is CSc1nnnn1-c1cccc(NC(=O)c2cccc(C(F)(F)F)c2)c1. The first-order chi connectivity index (χ1) is 12.4. The van der Waals surface area contributed by atoms with Gasteiger partial charge < -0.3 is 5.32 Å². The van der Waals surface area contributed by atoms with Gasteiger partial charge in [-0.05, 0) is 53.1 Å². The molecule has 0 saturated heterocycles. The Hall–Kier alpha value is -2.88. The maximum atomic E-state index is 12.8. The summed E-state index contributed by atoms with van der Waals surface area (Å²) in [5.74, 6) is -0.643. The zero-order chi connectivity index (χ0) is 18.7. The monoisotopic (exact) mass is 379 g/mol. The van der Waals surface area contributed by atoms with Crippen LogP contribution in [0.2, 0.25) is 0 Å². The zero-order valence-electron chi connectivity index (χ0n) is 13.4. The summed E-state index contributed by atoms with van der Waals surface area (Å²) >= 11 is 1.35. The van der Waals surface area contributed by atoms with Crippen molar-refractivity contribution in [2.24, 2.45) is 0 Å². The number of hydrogen-bond acceptors (Lipinski definition) is 5. The smallest absolute Gasteiger partial charge is 0.322 e. The molecule has 26 heavy (non-hydrogen) atoms. The summed E-state index contributed by atoms with van der Waals surface area (Å²) in [7, 11) is 0. The fourth-order valence-corrected chi connectivity index (χ4v) is 2.66. The van der Waals surface area contributed by atoms with Gasteiger partial charge in [-0.2, -0.15) is 17.9 Å². The van der Waals surface area contributed by atoms with E-state index < -0.39 is 17.6 Å². The average molecular weight is 379 g/mol. The van der Waals surface area contributed by atoms with Crippen molar-refractivity contribution in [2.45, 2.75) is 11.3 Å². The summed E-state index contributed by atoms with van der Waals surface area (Å²) in [6.45, 7) is 0. The summed E-state index contributed by atoms with van der Waals surface area (Å²) in [4.78, 5) is 12.3. The maximum absolute atomic E-state index is 12.8. The Kier molecular flexibility index (Phi) is 4.94. The molecule has 0 unspecified atom stereocenters. The molecule has 10 heteroatoms. The largest absolute Gasteiger partial charge is 0.416 e. The molecule has 1 heterocycles. The highest BCUT2D eigenvalue weighted by atomic mass is 32.2. The third-order valence-electron chi connectivity index (χ3n) is 3.42. The number of carbonyl (C=O) groups excluding carboxylic acids is 1. The highest BCUT2D eigenvalue weighted by molar-refractivity contribution is 7.98. The van der Waals surface area contributed by atoms with Gasteiger partial charge >= 0.3 is 6.18 Å². The third kappa shape index (κ3) is 3.85. The zero-order valence-corrected chi connectivity index (χ0v) is 14.2. The van der Waals surface area contributed by atoms with E-state index >= 15 is 0 Å². The van der Waals surface area contributed by atoms with Crippen LogP contribution in [-0.4, -0.2) is 32.4 Å². The number of halogens is 3. The lowest BCUT2D eigenvalue weighted by molar-refractivity contribution is -0.137. The number of anilines is 1. The summed E-state index contributed by atoms with van der Waals surface area (Å²) in [6.07, 6.45) is -2.69. The van der Waals surface area contributed by atoms with Gasteiger partial charge in [-0.1, -0.05) is 23.9 Å². The number of thioether (sulfide) groups is 1. The van der Waals surface area contributed by atoms with Crippen molar-refractivity contribution < 1.29 is 18.0 Å². The highest BCUT2D eigenvalue weighted by Gasteiger charge is 2.30. The fraction of sp³-hybridized carbons (Fsp3) is 0.125. The van der Waals surface area contributed by atoms with Gasteiger partial charge in [0.25, 0.3) is 5.91 Å². The van der Waals surface area contributed by atoms with Crippen LogP contribution in [-0.2, 0) is 6.18 Å². The molecule has 0 fully saturated rings. The van der Waals surface area contributed by atoms with Crippen molar-refractivity contribution in [3.05, 3.63) is 59.7 Å². The lowest BCUT2D eigenvalue weighted by atomic mass is 10.1. The molecule has 134 valence electrons. The molecule has 0 radical (unpaired) electrons. The molecule has 1 N–H and O–H groups in total. The first-order valence-electron chi connectivity index (χ1n) is 7.30.